The summed E-state index contributed by atoms with van der Waals surface area (Å²) in [6, 6.07) is 1.33. The first-order valence-corrected chi connectivity index (χ1v) is 8.44. The predicted molar refractivity (Wildman–Crippen MR) is 89.9 cm³/mol. The van der Waals surface area contributed by atoms with Crippen LogP contribution >= 0.6 is 0 Å². The molecule has 4 rings (SSSR count). The van der Waals surface area contributed by atoms with Gasteiger partial charge in [-0.2, -0.15) is 0 Å². The van der Waals surface area contributed by atoms with Crippen LogP contribution in [0.1, 0.15) is 59.4 Å². The van der Waals surface area contributed by atoms with Crippen LogP contribution in [0, 0.1) is 11.8 Å². The molecule has 0 saturated heterocycles. The molecule has 0 radical (unpaired) electrons. The van der Waals surface area contributed by atoms with Crippen LogP contribution in [0.15, 0.2) is 30.0 Å². The van der Waals surface area contributed by atoms with Crippen LogP contribution in [-0.2, 0) is 4.79 Å². The lowest BCUT2D eigenvalue weighted by Crippen LogP contribution is -2.19. The van der Waals surface area contributed by atoms with Crippen molar-refractivity contribution in [3.05, 3.63) is 41.2 Å². The Morgan fingerprint density at radius 2 is 2.04 bits per heavy atom. The van der Waals surface area contributed by atoms with Gasteiger partial charge in [0.25, 0.3) is 5.91 Å². The van der Waals surface area contributed by atoms with Crippen molar-refractivity contribution in [2.45, 2.75) is 38.5 Å². The first-order chi connectivity index (χ1) is 11.6. The fourth-order valence-corrected chi connectivity index (χ4v) is 3.81. The first kappa shape index (κ1) is 16.4. The number of rotatable bonds is 2. The Balaban J connectivity index is 0.000000149. The Kier molecular flexibility index (Phi) is 4.79. The van der Waals surface area contributed by atoms with Gasteiger partial charge in [-0.15, -0.1) is 0 Å². The van der Waals surface area contributed by atoms with E-state index in [1.807, 2.05) is 0 Å². The number of allylic oxidation sites excluding steroid dienone is 3. The monoisotopic (exact) mass is 327 g/mol. The summed E-state index contributed by atoms with van der Waals surface area (Å²) in [6.45, 7) is 0. The number of fused-ring (bicyclic) bond motifs is 2. The quantitative estimate of drug-likeness (QED) is 0.512. The molecule has 0 aromatic carbocycles. The summed E-state index contributed by atoms with van der Waals surface area (Å²) in [6.07, 6.45) is 16.7. The van der Waals surface area contributed by atoms with Gasteiger partial charge in [0.15, 0.2) is 6.29 Å². The predicted octanol–water partition coefficient (Wildman–Crippen LogP) is 3.57. The molecule has 2 aliphatic carbocycles. The molecule has 1 N–H and O–H groups in total. The second-order valence-corrected chi connectivity index (χ2v) is 6.53. The van der Waals surface area contributed by atoms with Gasteiger partial charge in [0.05, 0.1) is 16.8 Å². The lowest BCUT2D eigenvalue weighted by atomic mass is 9.74. The minimum Gasteiger partial charge on any atom is -0.478 e. The van der Waals surface area contributed by atoms with Crippen LogP contribution < -0.4 is 0 Å². The minimum absolute atomic E-state index is 0.0233. The topological polar surface area (TPSA) is 76.4 Å². The van der Waals surface area contributed by atoms with E-state index in [0.717, 1.165) is 16.4 Å². The Hall–Kier alpha value is -2.43. The molecule has 0 spiro atoms. The third-order valence-corrected chi connectivity index (χ3v) is 5.10. The number of hydrogen-bond donors (Lipinski definition) is 1. The zero-order valence-electron chi connectivity index (χ0n) is 13.5. The summed E-state index contributed by atoms with van der Waals surface area (Å²) >= 11 is 0. The molecule has 24 heavy (non-hydrogen) atoms. The maximum Gasteiger partial charge on any atom is 0.337 e. The van der Waals surface area contributed by atoms with E-state index in [4.69, 9.17) is 5.11 Å². The van der Waals surface area contributed by atoms with Crippen molar-refractivity contribution >= 4 is 24.2 Å². The fourth-order valence-electron chi connectivity index (χ4n) is 3.81. The lowest BCUT2D eigenvalue weighted by molar-refractivity contribution is -0.104. The maximum atomic E-state index is 11.3. The Morgan fingerprint density at radius 1 is 1.25 bits per heavy atom. The van der Waals surface area contributed by atoms with Gasteiger partial charge in [0.2, 0.25) is 0 Å². The normalized spacial score (nSPS) is 24.3. The molecule has 0 amide bonds. The number of carboxylic acid groups (broad SMARTS) is 1. The van der Waals surface area contributed by atoms with Crippen molar-refractivity contribution < 1.29 is 19.5 Å². The lowest BCUT2D eigenvalue weighted by Gasteiger charge is -2.31. The maximum absolute atomic E-state index is 11.3. The molecule has 1 aromatic heterocycles. The zero-order valence-corrected chi connectivity index (χ0v) is 13.5. The summed E-state index contributed by atoms with van der Waals surface area (Å²) < 4.78 is 1.15. The van der Waals surface area contributed by atoms with Crippen molar-refractivity contribution in [1.29, 1.82) is 0 Å². The molecule has 5 nitrogen and oxygen atoms in total. The molecule has 126 valence electrons. The summed E-state index contributed by atoms with van der Waals surface area (Å²) in [5.41, 5.74) is 0.253. The van der Waals surface area contributed by atoms with Crippen LogP contribution in [0.2, 0.25) is 0 Å². The first-order valence-electron chi connectivity index (χ1n) is 8.44. The number of aromatic carboxylic acids is 1. The average Bonchev–Trinajstić information content (AvgIpc) is 3.16. The molecule has 1 unspecified atom stereocenters. The molecular formula is C19H21NO4. The van der Waals surface area contributed by atoms with Crippen LogP contribution in [0.5, 0.6) is 0 Å². The molecule has 2 atom stereocenters. The number of aldehydes is 1. The molecular weight excluding hydrogens is 306 g/mol. The highest BCUT2D eigenvalue weighted by molar-refractivity contribution is 6.20. The van der Waals surface area contributed by atoms with Crippen molar-refractivity contribution in [1.82, 2.24) is 4.57 Å². The van der Waals surface area contributed by atoms with Crippen LogP contribution in [0.25, 0.3) is 6.08 Å². The van der Waals surface area contributed by atoms with Gasteiger partial charge >= 0.3 is 5.97 Å². The standard InChI is InChI=1S/C10H16.C9H5NO4/c1-2-6-10-8-4-3-7-9(10)5-1;11-4-5-3-7-6(9(13)14)1-2-10(7)8(5)12/h1,5,9-10H,2-4,6-8H2;1-4H,(H,13,14)/t9-,10?;/m0./s1. The van der Waals surface area contributed by atoms with Gasteiger partial charge in [0, 0.05) is 6.20 Å². The summed E-state index contributed by atoms with van der Waals surface area (Å²) in [5, 5.41) is 8.74. The number of nitrogens with zero attached hydrogens (tertiary/aromatic N) is 1. The third-order valence-electron chi connectivity index (χ3n) is 5.10. The van der Waals surface area contributed by atoms with E-state index in [0.29, 0.717) is 6.29 Å². The molecule has 3 aliphatic rings. The van der Waals surface area contributed by atoms with E-state index < -0.39 is 11.9 Å². The number of carboxylic acids is 1. The van der Waals surface area contributed by atoms with Gasteiger partial charge in [-0.3, -0.25) is 14.2 Å². The highest BCUT2D eigenvalue weighted by atomic mass is 16.4. The van der Waals surface area contributed by atoms with E-state index in [2.05, 4.69) is 12.2 Å². The van der Waals surface area contributed by atoms with Gasteiger partial charge < -0.3 is 5.11 Å². The zero-order chi connectivity index (χ0) is 17.1. The van der Waals surface area contributed by atoms with Crippen molar-refractivity contribution in [3.63, 3.8) is 0 Å². The smallest absolute Gasteiger partial charge is 0.337 e. The van der Waals surface area contributed by atoms with Crippen LogP contribution in [0.3, 0.4) is 0 Å². The SMILES string of the molecule is C1=C[C@H]2CCCCC2CC1.O=CC1=Cc2c(C(=O)O)ccn2C1=O. The van der Waals surface area contributed by atoms with E-state index in [1.54, 1.807) is 0 Å². The number of carbonyl (C=O) groups excluding carboxylic acids is 2. The Labute approximate surface area is 140 Å². The van der Waals surface area contributed by atoms with E-state index in [9.17, 15) is 14.4 Å². The van der Waals surface area contributed by atoms with Crippen LogP contribution in [0.4, 0.5) is 0 Å². The van der Waals surface area contributed by atoms with Crippen molar-refractivity contribution in [2.24, 2.45) is 11.8 Å². The number of carbonyl (C=O) groups is 3. The summed E-state index contributed by atoms with van der Waals surface area (Å²) in [7, 11) is 0. The highest BCUT2D eigenvalue weighted by Gasteiger charge is 2.26. The van der Waals surface area contributed by atoms with Gasteiger partial charge in [-0.05, 0) is 49.7 Å². The summed E-state index contributed by atoms with van der Waals surface area (Å²) in [4.78, 5) is 32.4. The molecule has 1 aromatic rings. The molecule has 2 heterocycles. The Bertz CT molecular complexity index is 726. The third kappa shape index (κ3) is 3.11. The highest BCUT2D eigenvalue weighted by Crippen LogP contribution is 2.36. The van der Waals surface area contributed by atoms with Crippen molar-refractivity contribution in [2.75, 3.05) is 0 Å². The van der Waals surface area contributed by atoms with Crippen molar-refractivity contribution in [3.8, 4) is 0 Å². The second kappa shape index (κ2) is 6.99. The van der Waals surface area contributed by atoms with Gasteiger partial charge in [-0.1, -0.05) is 25.0 Å². The minimum atomic E-state index is -1.12. The molecule has 0 bridgehead atoms. The number of aromatic nitrogens is 1. The average molecular weight is 327 g/mol. The Morgan fingerprint density at radius 3 is 2.75 bits per heavy atom. The number of hydrogen-bond acceptors (Lipinski definition) is 3. The van der Waals surface area contributed by atoms with Gasteiger partial charge in [-0.25, -0.2) is 4.79 Å². The van der Waals surface area contributed by atoms with E-state index >= 15 is 0 Å². The van der Waals surface area contributed by atoms with E-state index in [1.165, 1.54) is 56.9 Å². The second-order valence-electron chi connectivity index (χ2n) is 6.53. The molecule has 1 fully saturated rings. The van der Waals surface area contributed by atoms with Gasteiger partial charge in [0.1, 0.15) is 0 Å². The molecule has 1 aliphatic heterocycles. The van der Waals surface area contributed by atoms with Crippen LogP contribution in [-0.4, -0.2) is 27.8 Å². The summed E-state index contributed by atoms with van der Waals surface area (Å²) in [5.74, 6) is 0.443. The molecule has 5 heteroatoms. The molecule has 1 saturated carbocycles. The fraction of sp³-hybridized carbons (Fsp3) is 0.421. The van der Waals surface area contributed by atoms with E-state index in [-0.39, 0.29) is 16.8 Å². The largest absolute Gasteiger partial charge is 0.478 e.